The number of nitrogens with two attached hydrogens (primary N) is 1. The molecule has 0 aliphatic rings. The van der Waals surface area contributed by atoms with Gasteiger partial charge in [-0.05, 0) is 31.2 Å². The van der Waals surface area contributed by atoms with E-state index in [-0.39, 0.29) is 12.4 Å². The largest absolute Gasteiger partial charge is 0.482 e. The quantitative estimate of drug-likeness (QED) is 0.620. The van der Waals surface area contributed by atoms with Crippen molar-refractivity contribution in [3.05, 3.63) is 65.7 Å². The minimum atomic E-state index is -1.16. The van der Waals surface area contributed by atoms with Crippen LogP contribution in [0.25, 0.3) is 0 Å². The SMILES string of the molecule is CC(=O)c1ccc(OCC(=O)OC(C(N)=O)c2ccccc2)cc1. The summed E-state index contributed by atoms with van der Waals surface area (Å²) in [5.74, 6) is -1.14. The van der Waals surface area contributed by atoms with E-state index in [1.54, 1.807) is 54.6 Å². The van der Waals surface area contributed by atoms with Gasteiger partial charge in [0.25, 0.3) is 5.91 Å². The predicted octanol–water partition coefficient (Wildman–Crippen LogP) is 2.04. The number of rotatable bonds is 7. The fourth-order valence-electron chi connectivity index (χ4n) is 2.01. The van der Waals surface area contributed by atoms with Crippen LogP contribution < -0.4 is 10.5 Å². The van der Waals surface area contributed by atoms with Crippen LogP contribution in [0.15, 0.2) is 54.6 Å². The van der Waals surface area contributed by atoms with Crippen molar-refractivity contribution in [2.75, 3.05) is 6.61 Å². The van der Waals surface area contributed by atoms with Crippen LogP contribution >= 0.6 is 0 Å². The van der Waals surface area contributed by atoms with Gasteiger partial charge in [0.15, 0.2) is 12.4 Å². The van der Waals surface area contributed by atoms with Crippen LogP contribution in [0.1, 0.15) is 28.9 Å². The molecule has 24 heavy (non-hydrogen) atoms. The Kier molecular flexibility index (Phi) is 5.68. The van der Waals surface area contributed by atoms with Crippen molar-refractivity contribution in [2.24, 2.45) is 5.73 Å². The summed E-state index contributed by atoms with van der Waals surface area (Å²) >= 11 is 0. The number of ether oxygens (including phenoxy) is 2. The molecule has 0 aliphatic carbocycles. The molecule has 2 aromatic carbocycles. The van der Waals surface area contributed by atoms with Gasteiger partial charge in [-0.1, -0.05) is 30.3 Å². The van der Waals surface area contributed by atoms with E-state index in [0.717, 1.165) is 0 Å². The Labute approximate surface area is 139 Å². The first-order chi connectivity index (χ1) is 11.5. The molecule has 1 unspecified atom stereocenters. The molecule has 6 heteroatoms. The van der Waals surface area contributed by atoms with Crippen LogP contribution in [-0.4, -0.2) is 24.3 Å². The van der Waals surface area contributed by atoms with Gasteiger partial charge in [0.1, 0.15) is 5.75 Å². The minimum absolute atomic E-state index is 0.0619. The van der Waals surface area contributed by atoms with Crippen LogP contribution in [0.4, 0.5) is 0 Å². The Bertz CT molecular complexity index is 725. The third-order valence-electron chi connectivity index (χ3n) is 3.23. The van der Waals surface area contributed by atoms with E-state index >= 15 is 0 Å². The van der Waals surface area contributed by atoms with Crippen molar-refractivity contribution in [2.45, 2.75) is 13.0 Å². The van der Waals surface area contributed by atoms with E-state index in [1.807, 2.05) is 0 Å². The monoisotopic (exact) mass is 327 g/mol. The van der Waals surface area contributed by atoms with Gasteiger partial charge in [-0.15, -0.1) is 0 Å². The summed E-state index contributed by atoms with van der Waals surface area (Å²) < 4.78 is 10.4. The highest BCUT2D eigenvalue weighted by Gasteiger charge is 2.22. The molecule has 6 nitrogen and oxygen atoms in total. The fourth-order valence-corrected chi connectivity index (χ4v) is 2.01. The van der Waals surface area contributed by atoms with Crippen LogP contribution in [-0.2, 0) is 14.3 Å². The minimum Gasteiger partial charge on any atom is -0.482 e. The Morgan fingerprint density at radius 1 is 1.00 bits per heavy atom. The van der Waals surface area contributed by atoms with Crippen molar-refractivity contribution in [3.8, 4) is 5.75 Å². The zero-order valence-corrected chi connectivity index (χ0v) is 13.1. The van der Waals surface area contributed by atoms with Gasteiger partial charge >= 0.3 is 5.97 Å². The van der Waals surface area contributed by atoms with Crippen molar-refractivity contribution in [3.63, 3.8) is 0 Å². The van der Waals surface area contributed by atoms with E-state index in [9.17, 15) is 14.4 Å². The topological polar surface area (TPSA) is 95.7 Å². The second kappa shape index (κ2) is 7.92. The van der Waals surface area contributed by atoms with E-state index < -0.39 is 18.0 Å². The van der Waals surface area contributed by atoms with Gasteiger partial charge in [-0.2, -0.15) is 0 Å². The van der Waals surface area contributed by atoms with Crippen molar-refractivity contribution in [1.82, 2.24) is 0 Å². The van der Waals surface area contributed by atoms with Crippen LogP contribution in [0.2, 0.25) is 0 Å². The number of primary amides is 1. The molecule has 0 bridgehead atoms. The Balaban J connectivity index is 1.94. The molecular weight excluding hydrogens is 310 g/mol. The summed E-state index contributed by atoms with van der Waals surface area (Å²) in [6, 6.07) is 14.8. The Morgan fingerprint density at radius 3 is 2.17 bits per heavy atom. The maximum Gasteiger partial charge on any atom is 0.345 e. The van der Waals surface area contributed by atoms with Crippen molar-refractivity contribution < 1.29 is 23.9 Å². The summed E-state index contributed by atoms with van der Waals surface area (Å²) in [5, 5.41) is 0. The summed E-state index contributed by atoms with van der Waals surface area (Å²) in [4.78, 5) is 34.5. The number of esters is 1. The molecule has 124 valence electrons. The van der Waals surface area contributed by atoms with Gasteiger partial charge < -0.3 is 15.2 Å². The normalized spacial score (nSPS) is 11.4. The van der Waals surface area contributed by atoms with Crippen LogP contribution in [0.3, 0.4) is 0 Å². The van der Waals surface area contributed by atoms with Crippen molar-refractivity contribution in [1.29, 1.82) is 0 Å². The van der Waals surface area contributed by atoms with E-state index in [2.05, 4.69) is 0 Å². The molecule has 0 heterocycles. The van der Waals surface area contributed by atoms with Crippen molar-refractivity contribution >= 4 is 17.7 Å². The zero-order valence-electron chi connectivity index (χ0n) is 13.1. The molecule has 0 radical (unpaired) electrons. The highest BCUT2D eigenvalue weighted by atomic mass is 16.6. The Hall–Kier alpha value is -3.15. The number of benzene rings is 2. The lowest BCUT2D eigenvalue weighted by Gasteiger charge is -2.15. The summed E-state index contributed by atoms with van der Waals surface area (Å²) in [7, 11) is 0. The number of amides is 1. The number of ketones is 1. The average Bonchev–Trinajstić information content (AvgIpc) is 2.58. The first-order valence-electron chi connectivity index (χ1n) is 7.25. The molecule has 0 saturated heterocycles. The average molecular weight is 327 g/mol. The van der Waals surface area contributed by atoms with Crippen LogP contribution in [0, 0.1) is 0 Å². The van der Waals surface area contributed by atoms with E-state index in [4.69, 9.17) is 15.2 Å². The molecule has 0 aliphatic heterocycles. The van der Waals surface area contributed by atoms with Gasteiger partial charge in [-0.25, -0.2) is 4.79 Å². The molecule has 1 atom stereocenters. The number of carbonyl (C=O) groups excluding carboxylic acids is 3. The number of Topliss-reactive ketones (excluding diaryl/α,β-unsaturated/α-hetero) is 1. The van der Waals surface area contributed by atoms with E-state index in [1.165, 1.54) is 6.92 Å². The first-order valence-corrected chi connectivity index (χ1v) is 7.25. The fraction of sp³-hybridized carbons (Fsp3) is 0.167. The maximum atomic E-state index is 11.9. The zero-order chi connectivity index (χ0) is 17.5. The molecule has 2 N–H and O–H groups in total. The molecule has 1 amide bonds. The van der Waals surface area contributed by atoms with E-state index in [0.29, 0.717) is 16.9 Å². The van der Waals surface area contributed by atoms with Gasteiger partial charge in [0, 0.05) is 11.1 Å². The van der Waals surface area contributed by atoms with Crippen LogP contribution in [0.5, 0.6) is 5.75 Å². The standard InChI is InChI=1S/C18H17NO5/c1-12(20)13-7-9-15(10-8-13)23-11-16(21)24-17(18(19)22)14-5-3-2-4-6-14/h2-10,17H,11H2,1H3,(H2,19,22). The Morgan fingerprint density at radius 2 is 1.62 bits per heavy atom. The summed E-state index contributed by atoms with van der Waals surface area (Å²) in [6.07, 6.45) is -1.16. The van der Waals surface area contributed by atoms with Gasteiger partial charge in [0.2, 0.25) is 6.10 Å². The number of carbonyl (C=O) groups is 3. The summed E-state index contributed by atoms with van der Waals surface area (Å²) in [5.41, 5.74) is 6.31. The second-order valence-corrected chi connectivity index (χ2v) is 5.05. The molecule has 0 aromatic heterocycles. The van der Waals surface area contributed by atoms with Gasteiger partial charge in [-0.3, -0.25) is 9.59 Å². The lowest BCUT2D eigenvalue weighted by molar-refractivity contribution is -0.157. The number of hydrogen-bond donors (Lipinski definition) is 1. The highest BCUT2D eigenvalue weighted by Crippen LogP contribution is 2.17. The lowest BCUT2D eigenvalue weighted by Crippen LogP contribution is -2.28. The highest BCUT2D eigenvalue weighted by molar-refractivity contribution is 5.94. The molecular formula is C18H17NO5. The molecule has 2 rings (SSSR count). The lowest BCUT2D eigenvalue weighted by atomic mass is 10.1. The van der Waals surface area contributed by atoms with Gasteiger partial charge in [0.05, 0.1) is 0 Å². The predicted molar refractivity (Wildman–Crippen MR) is 86.4 cm³/mol. The molecule has 0 spiro atoms. The molecule has 0 saturated carbocycles. The smallest absolute Gasteiger partial charge is 0.345 e. The summed E-state index contributed by atoms with van der Waals surface area (Å²) in [6.45, 7) is 1.08. The third-order valence-corrected chi connectivity index (χ3v) is 3.23. The molecule has 2 aromatic rings. The number of hydrogen-bond acceptors (Lipinski definition) is 5. The first kappa shape index (κ1) is 17.2. The third kappa shape index (κ3) is 4.67. The second-order valence-electron chi connectivity index (χ2n) is 5.05. The molecule has 0 fully saturated rings. The maximum absolute atomic E-state index is 11.9.